The summed E-state index contributed by atoms with van der Waals surface area (Å²) < 4.78 is 32.2. The predicted molar refractivity (Wildman–Crippen MR) is 77.3 cm³/mol. The molecule has 0 unspecified atom stereocenters. The molecule has 0 radical (unpaired) electrons. The Morgan fingerprint density at radius 2 is 2.10 bits per heavy atom. The quantitative estimate of drug-likeness (QED) is 0.796. The van der Waals surface area contributed by atoms with Gasteiger partial charge in [0, 0.05) is 45.6 Å². The van der Waals surface area contributed by atoms with Crippen LogP contribution in [0.3, 0.4) is 0 Å². The number of likely N-dealkylation sites (tertiary alicyclic amines) is 1. The van der Waals surface area contributed by atoms with Crippen LogP contribution in [-0.2, 0) is 9.53 Å². The van der Waals surface area contributed by atoms with Gasteiger partial charge in [-0.2, -0.15) is 0 Å². The highest BCUT2D eigenvalue weighted by Crippen LogP contribution is 2.37. The van der Waals surface area contributed by atoms with Gasteiger partial charge in [0.2, 0.25) is 11.8 Å². The average molecular weight is 303 g/mol. The van der Waals surface area contributed by atoms with E-state index >= 15 is 0 Å². The van der Waals surface area contributed by atoms with Gasteiger partial charge in [0.05, 0.1) is 0 Å². The monoisotopic (exact) mass is 303 g/mol. The summed E-state index contributed by atoms with van der Waals surface area (Å²) in [5.74, 6) is -2.73. The molecular formula is C16H27F2NO2. The van der Waals surface area contributed by atoms with Crippen LogP contribution in [0, 0.1) is 11.8 Å². The summed E-state index contributed by atoms with van der Waals surface area (Å²) in [5.41, 5.74) is 0. The van der Waals surface area contributed by atoms with E-state index in [1.807, 2.05) is 4.90 Å². The van der Waals surface area contributed by atoms with Crippen LogP contribution in [0.5, 0.6) is 0 Å². The topological polar surface area (TPSA) is 29.5 Å². The summed E-state index contributed by atoms with van der Waals surface area (Å²) in [6.45, 7) is 2.14. The molecule has 0 aromatic heterocycles. The molecule has 0 bridgehead atoms. The first-order valence-corrected chi connectivity index (χ1v) is 8.17. The third-order valence-corrected chi connectivity index (χ3v) is 4.80. The number of carbonyl (C=O) groups is 1. The molecule has 3 nitrogen and oxygen atoms in total. The first-order valence-electron chi connectivity index (χ1n) is 8.17. The van der Waals surface area contributed by atoms with Crippen LogP contribution >= 0.6 is 0 Å². The third-order valence-electron chi connectivity index (χ3n) is 4.80. The van der Waals surface area contributed by atoms with Crippen molar-refractivity contribution in [2.24, 2.45) is 11.8 Å². The number of ether oxygens (including phenoxy) is 1. The van der Waals surface area contributed by atoms with Crippen LogP contribution in [0.1, 0.15) is 51.4 Å². The van der Waals surface area contributed by atoms with E-state index in [0.717, 1.165) is 32.2 Å². The van der Waals surface area contributed by atoms with Crippen molar-refractivity contribution < 1.29 is 18.3 Å². The lowest BCUT2D eigenvalue weighted by atomic mass is 9.85. The maximum Gasteiger partial charge on any atom is 0.248 e. The molecule has 1 saturated heterocycles. The van der Waals surface area contributed by atoms with Crippen molar-refractivity contribution >= 4 is 5.91 Å². The Morgan fingerprint density at radius 3 is 2.81 bits per heavy atom. The van der Waals surface area contributed by atoms with Crippen LogP contribution in [0.4, 0.5) is 8.78 Å². The van der Waals surface area contributed by atoms with Crippen molar-refractivity contribution in [1.82, 2.24) is 4.90 Å². The second kappa shape index (κ2) is 7.52. The molecule has 0 N–H and O–H groups in total. The summed E-state index contributed by atoms with van der Waals surface area (Å²) in [6.07, 6.45) is 4.91. The molecule has 1 aliphatic heterocycles. The smallest absolute Gasteiger partial charge is 0.248 e. The lowest BCUT2D eigenvalue weighted by molar-refractivity contribution is -0.143. The summed E-state index contributed by atoms with van der Waals surface area (Å²) in [6, 6.07) is 0. The number of hydrogen-bond acceptors (Lipinski definition) is 2. The summed E-state index contributed by atoms with van der Waals surface area (Å²) in [7, 11) is 1.68. The van der Waals surface area contributed by atoms with Gasteiger partial charge in [-0.05, 0) is 38.0 Å². The Balaban J connectivity index is 1.93. The molecule has 2 atom stereocenters. The Kier molecular flexibility index (Phi) is 5.97. The zero-order valence-electron chi connectivity index (χ0n) is 13.0. The van der Waals surface area contributed by atoms with E-state index in [4.69, 9.17) is 4.74 Å². The van der Waals surface area contributed by atoms with Crippen LogP contribution < -0.4 is 0 Å². The van der Waals surface area contributed by atoms with Gasteiger partial charge in [-0.1, -0.05) is 6.42 Å². The summed E-state index contributed by atoms with van der Waals surface area (Å²) in [4.78, 5) is 14.4. The van der Waals surface area contributed by atoms with Crippen molar-refractivity contribution in [1.29, 1.82) is 0 Å². The number of hydrogen-bond donors (Lipinski definition) is 0. The standard InChI is InChI=1S/C16H27F2NO2/c1-21-10-7-13-5-2-3-9-19(12-13)15(20)14-6-4-8-16(17,18)11-14/h13-14H,2-12H2,1H3/t13-,14-/m0/s1. The molecule has 1 amide bonds. The number of alkyl halides is 2. The average Bonchev–Trinajstić information content (AvgIpc) is 2.68. The fourth-order valence-corrected chi connectivity index (χ4v) is 3.59. The van der Waals surface area contributed by atoms with Gasteiger partial charge in [-0.25, -0.2) is 8.78 Å². The molecule has 1 heterocycles. The second-order valence-electron chi connectivity index (χ2n) is 6.58. The highest BCUT2D eigenvalue weighted by atomic mass is 19.3. The van der Waals surface area contributed by atoms with Crippen LogP contribution in [0.2, 0.25) is 0 Å². The van der Waals surface area contributed by atoms with E-state index < -0.39 is 11.8 Å². The lowest BCUT2D eigenvalue weighted by Gasteiger charge is -2.33. The van der Waals surface area contributed by atoms with Gasteiger partial charge in [-0.3, -0.25) is 4.79 Å². The molecule has 1 saturated carbocycles. The molecule has 5 heteroatoms. The van der Waals surface area contributed by atoms with E-state index in [1.165, 1.54) is 0 Å². The Labute approximate surface area is 126 Å². The molecule has 0 spiro atoms. The van der Waals surface area contributed by atoms with Gasteiger partial charge >= 0.3 is 0 Å². The molecule has 1 aliphatic carbocycles. The zero-order valence-corrected chi connectivity index (χ0v) is 13.0. The van der Waals surface area contributed by atoms with Crippen LogP contribution in [-0.4, -0.2) is 43.5 Å². The Morgan fingerprint density at radius 1 is 1.29 bits per heavy atom. The number of carbonyl (C=O) groups excluding carboxylic acids is 1. The number of nitrogens with zero attached hydrogens (tertiary/aromatic N) is 1. The Bertz CT molecular complexity index is 349. The van der Waals surface area contributed by atoms with E-state index in [1.54, 1.807) is 7.11 Å². The molecule has 2 rings (SSSR count). The molecule has 2 fully saturated rings. The fourth-order valence-electron chi connectivity index (χ4n) is 3.59. The van der Waals surface area contributed by atoms with E-state index in [-0.39, 0.29) is 18.7 Å². The molecular weight excluding hydrogens is 276 g/mol. The highest BCUT2D eigenvalue weighted by molar-refractivity contribution is 5.79. The first kappa shape index (κ1) is 16.7. The van der Waals surface area contributed by atoms with Crippen LogP contribution in [0.25, 0.3) is 0 Å². The van der Waals surface area contributed by atoms with Crippen molar-refractivity contribution in [3.63, 3.8) is 0 Å². The van der Waals surface area contributed by atoms with Crippen LogP contribution in [0.15, 0.2) is 0 Å². The zero-order chi connectivity index (χ0) is 15.3. The molecule has 2 aliphatic rings. The highest BCUT2D eigenvalue weighted by Gasteiger charge is 2.40. The number of rotatable bonds is 4. The minimum atomic E-state index is -2.65. The SMILES string of the molecule is COCC[C@@H]1CCCCN(C(=O)[C@H]2CCCC(F)(F)C2)C1. The van der Waals surface area contributed by atoms with Gasteiger partial charge in [0.1, 0.15) is 0 Å². The molecule has 122 valence electrons. The summed E-state index contributed by atoms with van der Waals surface area (Å²) in [5, 5.41) is 0. The minimum Gasteiger partial charge on any atom is -0.385 e. The number of methoxy groups -OCH3 is 1. The van der Waals surface area contributed by atoms with Crippen molar-refractivity contribution in [2.75, 3.05) is 26.8 Å². The van der Waals surface area contributed by atoms with Crippen molar-refractivity contribution in [3.05, 3.63) is 0 Å². The molecule has 21 heavy (non-hydrogen) atoms. The number of halogens is 2. The summed E-state index contributed by atoms with van der Waals surface area (Å²) >= 11 is 0. The van der Waals surface area contributed by atoms with Gasteiger partial charge < -0.3 is 9.64 Å². The predicted octanol–water partition coefficient (Wildman–Crippen LogP) is 3.48. The van der Waals surface area contributed by atoms with Crippen molar-refractivity contribution in [3.8, 4) is 0 Å². The van der Waals surface area contributed by atoms with Crippen molar-refractivity contribution in [2.45, 2.75) is 57.3 Å². The lowest BCUT2D eigenvalue weighted by Crippen LogP contribution is -2.42. The van der Waals surface area contributed by atoms with E-state index in [2.05, 4.69) is 0 Å². The minimum absolute atomic E-state index is 0.0429. The van der Waals surface area contributed by atoms with Gasteiger partial charge in [0.15, 0.2) is 0 Å². The second-order valence-corrected chi connectivity index (χ2v) is 6.58. The fraction of sp³-hybridized carbons (Fsp3) is 0.938. The molecule has 0 aromatic rings. The first-order chi connectivity index (χ1) is 10.0. The Hall–Kier alpha value is -0.710. The van der Waals surface area contributed by atoms with E-state index in [0.29, 0.717) is 31.9 Å². The largest absolute Gasteiger partial charge is 0.385 e. The molecule has 0 aromatic carbocycles. The normalized spacial score (nSPS) is 30.0. The van der Waals surface area contributed by atoms with Gasteiger partial charge in [0.25, 0.3) is 0 Å². The maximum atomic E-state index is 13.5. The van der Waals surface area contributed by atoms with E-state index in [9.17, 15) is 13.6 Å². The third kappa shape index (κ3) is 4.90. The van der Waals surface area contributed by atoms with Gasteiger partial charge in [-0.15, -0.1) is 0 Å². The maximum absolute atomic E-state index is 13.5. The number of amides is 1.